The zero-order valence-electron chi connectivity index (χ0n) is 7.67. The number of aliphatic hydroxyl groups is 3. The summed E-state index contributed by atoms with van der Waals surface area (Å²) < 4.78 is 4.53. The Bertz CT molecular complexity index is 210. The van der Waals surface area contributed by atoms with Gasteiger partial charge in [0.05, 0.1) is 12.7 Å². The Morgan fingerprint density at radius 3 is 2.43 bits per heavy atom. The van der Waals surface area contributed by atoms with Crippen LogP contribution in [0.3, 0.4) is 0 Å². The molecule has 0 bridgehead atoms. The molecule has 0 aliphatic carbocycles. The molecule has 14 heavy (non-hydrogen) atoms. The third kappa shape index (κ3) is 4.80. The Balaban J connectivity index is 4.11. The number of carboxylic acid groups (broad SMARTS) is 1. The van der Waals surface area contributed by atoms with Gasteiger partial charge in [-0.2, -0.15) is 0 Å². The summed E-state index contributed by atoms with van der Waals surface area (Å²) in [6.07, 6.45) is -0.321. The molecule has 0 aromatic rings. The Labute approximate surface area is 81.1 Å². The molecule has 0 aliphatic rings. The van der Waals surface area contributed by atoms with Crippen molar-refractivity contribution in [1.82, 2.24) is 0 Å². The minimum absolute atomic E-state index is 0.278. The first-order valence-corrected chi connectivity index (χ1v) is 3.94. The van der Waals surface area contributed by atoms with Crippen molar-refractivity contribution in [3.63, 3.8) is 0 Å². The predicted octanol–water partition coefficient (Wildman–Crippen LogP) is -1.49. The average Bonchev–Trinajstić information content (AvgIpc) is 2.10. The highest BCUT2D eigenvalue weighted by atomic mass is 16.5. The molecule has 0 heterocycles. The molecule has 0 saturated heterocycles. The normalized spacial score (nSPS) is 16.1. The van der Waals surface area contributed by atoms with Crippen LogP contribution in [-0.2, 0) is 9.53 Å². The number of aliphatic carboxylic acids is 1. The van der Waals surface area contributed by atoms with Crippen molar-refractivity contribution in [2.75, 3.05) is 13.2 Å². The highest BCUT2D eigenvalue weighted by Crippen LogP contribution is 2.01. The maximum Gasteiger partial charge on any atom is 0.338 e. The summed E-state index contributed by atoms with van der Waals surface area (Å²) in [7, 11) is 0. The van der Waals surface area contributed by atoms with Gasteiger partial charge < -0.3 is 25.2 Å². The Morgan fingerprint density at radius 2 is 2.07 bits per heavy atom. The lowest BCUT2D eigenvalue weighted by Crippen LogP contribution is -2.20. The van der Waals surface area contributed by atoms with Crippen LogP contribution in [0.1, 0.15) is 6.92 Å². The summed E-state index contributed by atoms with van der Waals surface area (Å²) >= 11 is 0. The second-order valence-corrected chi connectivity index (χ2v) is 2.64. The molecule has 0 amide bonds. The van der Waals surface area contributed by atoms with Crippen molar-refractivity contribution in [1.29, 1.82) is 0 Å². The first kappa shape index (κ1) is 12.9. The molecule has 0 aromatic heterocycles. The molecule has 81 valence electrons. The van der Waals surface area contributed by atoms with Gasteiger partial charge in [-0.25, -0.2) is 4.79 Å². The van der Waals surface area contributed by atoms with E-state index < -0.39 is 30.4 Å². The maximum absolute atomic E-state index is 10.4. The van der Waals surface area contributed by atoms with E-state index >= 15 is 0 Å². The van der Waals surface area contributed by atoms with Crippen molar-refractivity contribution in [3.8, 4) is 0 Å². The molecule has 0 rings (SSSR count). The van der Waals surface area contributed by atoms with Gasteiger partial charge in [-0.15, -0.1) is 0 Å². The molecule has 2 unspecified atom stereocenters. The van der Waals surface area contributed by atoms with Gasteiger partial charge in [-0.05, 0) is 6.92 Å². The quantitative estimate of drug-likeness (QED) is 0.311. The van der Waals surface area contributed by atoms with Crippen LogP contribution < -0.4 is 0 Å². The standard InChI is InChI=1S/C8H13O6/c1-5(10)7(8(12)13)4-14-3-6(11)2-9/h5-6,9-11H,2-3H2,1H3,(H,12,13). The lowest BCUT2D eigenvalue weighted by atomic mass is 10.2. The topological polar surface area (TPSA) is 107 Å². The smallest absolute Gasteiger partial charge is 0.338 e. The molecule has 0 aromatic carbocycles. The lowest BCUT2D eigenvalue weighted by molar-refractivity contribution is -0.134. The number of aliphatic hydroxyl groups excluding tert-OH is 3. The number of ether oxygens (including phenoxy) is 1. The fourth-order valence-electron chi connectivity index (χ4n) is 0.576. The van der Waals surface area contributed by atoms with E-state index in [-0.39, 0.29) is 6.61 Å². The molecule has 6 nitrogen and oxygen atoms in total. The third-order valence-electron chi connectivity index (χ3n) is 1.32. The molecule has 2 atom stereocenters. The predicted molar refractivity (Wildman–Crippen MR) is 45.1 cm³/mol. The number of hydrogen-bond donors (Lipinski definition) is 4. The largest absolute Gasteiger partial charge is 0.486 e. The number of carbonyl (C=O) groups is 1. The molecule has 6 heteroatoms. The van der Waals surface area contributed by atoms with Crippen molar-refractivity contribution in [2.24, 2.45) is 0 Å². The van der Waals surface area contributed by atoms with E-state index in [1.54, 1.807) is 0 Å². The second kappa shape index (κ2) is 6.36. The van der Waals surface area contributed by atoms with Gasteiger partial charge in [-0.1, -0.05) is 0 Å². The van der Waals surface area contributed by atoms with Crippen LogP contribution in [0.4, 0.5) is 0 Å². The van der Waals surface area contributed by atoms with Crippen LogP contribution in [0.5, 0.6) is 0 Å². The van der Waals surface area contributed by atoms with E-state index in [1.165, 1.54) is 6.92 Å². The van der Waals surface area contributed by atoms with E-state index in [1.807, 2.05) is 6.26 Å². The summed E-state index contributed by atoms with van der Waals surface area (Å²) in [6.45, 7) is 0.487. The summed E-state index contributed by atoms with van der Waals surface area (Å²) in [5, 5.41) is 34.6. The van der Waals surface area contributed by atoms with Crippen LogP contribution in [0, 0.1) is 6.26 Å². The minimum Gasteiger partial charge on any atom is -0.486 e. The van der Waals surface area contributed by atoms with Gasteiger partial charge in [0.15, 0.2) is 6.26 Å². The molecule has 0 aliphatic heterocycles. The molecular formula is C8H13O6. The average molecular weight is 205 g/mol. The van der Waals surface area contributed by atoms with E-state index in [0.29, 0.717) is 0 Å². The minimum atomic E-state index is -1.35. The van der Waals surface area contributed by atoms with Gasteiger partial charge in [-0.3, -0.25) is 0 Å². The highest BCUT2D eigenvalue weighted by Gasteiger charge is 2.15. The van der Waals surface area contributed by atoms with Crippen molar-refractivity contribution in [3.05, 3.63) is 11.8 Å². The SMILES string of the molecule is CC(O)C(=[C]OCC(O)CO)C(=O)O. The second-order valence-electron chi connectivity index (χ2n) is 2.64. The summed E-state index contributed by atoms with van der Waals surface area (Å²) in [6, 6.07) is 0. The Hall–Kier alpha value is -1.11. The molecular weight excluding hydrogens is 192 g/mol. The lowest BCUT2D eigenvalue weighted by Gasteiger charge is -2.07. The molecule has 0 saturated carbocycles. The van der Waals surface area contributed by atoms with Crippen LogP contribution in [0.15, 0.2) is 5.57 Å². The number of carboxylic acids is 1. The fraction of sp³-hybridized carbons (Fsp3) is 0.625. The van der Waals surface area contributed by atoms with Gasteiger partial charge in [0, 0.05) is 0 Å². The summed E-state index contributed by atoms with van der Waals surface area (Å²) in [5.41, 5.74) is -0.435. The maximum atomic E-state index is 10.4. The highest BCUT2D eigenvalue weighted by molar-refractivity contribution is 5.86. The van der Waals surface area contributed by atoms with E-state index in [2.05, 4.69) is 4.74 Å². The van der Waals surface area contributed by atoms with Crippen molar-refractivity contribution < 1.29 is 30.0 Å². The van der Waals surface area contributed by atoms with E-state index in [0.717, 1.165) is 0 Å². The Kier molecular flexibility index (Phi) is 5.86. The van der Waals surface area contributed by atoms with Gasteiger partial charge in [0.1, 0.15) is 18.3 Å². The van der Waals surface area contributed by atoms with Gasteiger partial charge in [0.25, 0.3) is 0 Å². The van der Waals surface area contributed by atoms with Crippen LogP contribution >= 0.6 is 0 Å². The van der Waals surface area contributed by atoms with Gasteiger partial charge >= 0.3 is 5.97 Å². The summed E-state index contributed by atoms with van der Waals surface area (Å²) in [4.78, 5) is 10.4. The molecule has 4 N–H and O–H groups in total. The third-order valence-corrected chi connectivity index (χ3v) is 1.32. The first-order chi connectivity index (χ1) is 6.49. The van der Waals surface area contributed by atoms with Crippen LogP contribution in [-0.4, -0.2) is 51.8 Å². The van der Waals surface area contributed by atoms with Crippen LogP contribution in [0.25, 0.3) is 0 Å². The van der Waals surface area contributed by atoms with E-state index in [9.17, 15) is 4.79 Å². The molecule has 1 radical (unpaired) electrons. The van der Waals surface area contributed by atoms with Crippen molar-refractivity contribution >= 4 is 5.97 Å². The molecule has 0 fully saturated rings. The van der Waals surface area contributed by atoms with Crippen molar-refractivity contribution in [2.45, 2.75) is 19.1 Å². The van der Waals surface area contributed by atoms with E-state index in [4.69, 9.17) is 20.4 Å². The monoisotopic (exact) mass is 205 g/mol. The fourth-order valence-corrected chi connectivity index (χ4v) is 0.576. The van der Waals surface area contributed by atoms with Crippen LogP contribution in [0.2, 0.25) is 0 Å². The van der Waals surface area contributed by atoms with Gasteiger partial charge in [0.2, 0.25) is 0 Å². The Morgan fingerprint density at radius 1 is 1.50 bits per heavy atom. The molecule has 0 spiro atoms. The summed E-state index contributed by atoms with van der Waals surface area (Å²) in [5.74, 6) is -1.35. The first-order valence-electron chi connectivity index (χ1n) is 3.94. The number of rotatable bonds is 6. The number of hydrogen-bond acceptors (Lipinski definition) is 5. The zero-order chi connectivity index (χ0) is 11.1. The zero-order valence-corrected chi connectivity index (χ0v) is 7.67.